The van der Waals surface area contributed by atoms with E-state index in [1.807, 2.05) is 12.1 Å². The number of nitrogens with two attached hydrogens (primary N) is 1. The molecule has 2 rings (SSSR count). The van der Waals surface area contributed by atoms with Gasteiger partial charge in [-0.1, -0.05) is 0 Å². The predicted octanol–water partition coefficient (Wildman–Crippen LogP) is 1.36. The van der Waals surface area contributed by atoms with Crippen molar-refractivity contribution in [1.29, 1.82) is 0 Å². The van der Waals surface area contributed by atoms with Crippen LogP contribution >= 0.6 is 0 Å². The van der Waals surface area contributed by atoms with Crippen LogP contribution in [-0.2, 0) is 11.2 Å². The van der Waals surface area contributed by atoms with Crippen LogP contribution in [0.5, 0.6) is 0 Å². The minimum Gasteiger partial charge on any atom is -0.397 e. The van der Waals surface area contributed by atoms with E-state index in [2.05, 4.69) is 10.3 Å². The van der Waals surface area contributed by atoms with E-state index >= 15 is 0 Å². The first-order chi connectivity index (χ1) is 8.34. The molecule has 1 aliphatic rings. The zero-order valence-electron chi connectivity index (χ0n) is 10.2. The standard InChI is InChI=1S/C13H21N3O/c14-11-4-5-12(16-9-11)6-7-15-10-13-3-1-2-8-17-13/h4-5,9,13,15H,1-3,6-8,10,14H2. The van der Waals surface area contributed by atoms with E-state index in [1.54, 1.807) is 6.20 Å². The van der Waals surface area contributed by atoms with Crippen molar-refractivity contribution in [3.63, 3.8) is 0 Å². The average molecular weight is 235 g/mol. The Labute approximate surface area is 103 Å². The van der Waals surface area contributed by atoms with Crippen LogP contribution in [0.15, 0.2) is 18.3 Å². The Morgan fingerprint density at radius 1 is 1.41 bits per heavy atom. The highest BCUT2D eigenvalue weighted by Gasteiger charge is 2.12. The van der Waals surface area contributed by atoms with E-state index < -0.39 is 0 Å². The molecule has 0 spiro atoms. The lowest BCUT2D eigenvalue weighted by Crippen LogP contribution is -2.32. The van der Waals surface area contributed by atoms with Gasteiger partial charge < -0.3 is 15.8 Å². The number of aromatic nitrogens is 1. The summed E-state index contributed by atoms with van der Waals surface area (Å²) < 4.78 is 5.65. The van der Waals surface area contributed by atoms with E-state index in [9.17, 15) is 0 Å². The molecular formula is C13H21N3O. The molecule has 0 saturated carbocycles. The molecule has 17 heavy (non-hydrogen) atoms. The summed E-state index contributed by atoms with van der Waals surface area (Å²) in [6, 6.07) is 3.88. The second-order valence-corrected chi connectivity index (χ2v) is 4.53. The molecule has 0 radical (unpaired) electrons. The summed E-state index contributed by atoms with van der Waals surface area (Å²) in [5.41, 5.74) is 7.38. The number of hydrogen-bond acceptors (Lipinski definition) is 4. The highest BCUT2D eigenvalue weighted by molar-refractivity contribution is 5.34. The lowest BCUT2D eigenvalue weighted by atomic mass is 10.1. The van der Waals surface area contributed by atoms with Gasteiger partial charge in [-0.25, -0.2) is 0 Å². The predicted molar refractivity (Wildman–Crippen MR) is 68.8 cm³/mol. The highest BCUT2D eigenvalue weighted by atomic mass is 16.5. The largest absolute Gasteiger partial charge is 0.397 e. The first-order valence-corrected chi connectivity index (χ1v) is 6.37. The minimum absolute atomic E-state index is 0.406. The van der Waals surface area contributed by atoms with Gasteiger partial charge in [-0.15, -0.1) is 0 Å². The number of nitrogen functional groups attached to an aromatic ring is 1. The number of anilines is 1. The average Bonchev–Trinajstić information content (AvgIpc) is 2.38. The maximum absolute atomic E-state index is 5.65. The van der Waals surface area contributed by atoms with Gasteiger partial charge in [0.1, 0.15) is 0 Å². The Hall–Kier alpha value is -1.13. The van der Waals surface area contributed by atoms with E-state index in [0.717, 1.165) is 37.5 Å². The third-order valence-corrected chi connectivity index (χ3v) is 3.05. The third-order valence-electron chi connectivity index (χ3n) is 3.05. The fourth-order valence-corrected chi connectivity index (χ4v) is 2.03. The molecule has 2 heterocycles. The number of ether oxygens (including phenoxy) is 1. The molecule has 1 unspecified atom stereocenters. The number of rotatable bonds is 5. The molecule has 4 heteroatoms. The summed E-state index contributed by atoms with van der Waals surface area (Å²) >= 11 is 0. The van der Waals surface area contributed by atoms with Gasteiger partial charge >= 0.3 is 0 Å². The van der Waals surface area contributed by atoms with Crippen LogP contribution in [0.1, 0.15) is 25.0 Å². The van der Waals surface area contributed by atoms with E-state index in [4.69, 9.17) is 10.5 Å². The summed E-state index contributed by atoms with van der Waals surface area (Å²) in [6.07, 6.45) is 6.75. The molecule has 0 amide bonds. The van der Waals surface area contributed by atoms with Gasteiger partial charge in [0.15, 0.2) is 0 Å². The monoisotopic (exact) mass is 235 g/mol. The van der Waals surface area contributed by atoms with Crippen LogP contribution in [0.4, 0.5) is 5.69 Å². The van der Waals surface area contributed by atoms with Gasteiger partial charge in [0.05, 0.1) is 18.0 Å². The van der Waals surface area contributed by atoms with E-state index in [1.165, 1.54) is 19.3 Å². The van der Waals surface area contributed by atoms with Gasteiger partial charge in [-0.2, -0.15) is 0 Å². The van der Waals surface area contributed by atoms with Gasteiger partial charge in [0.2, 0.25) is 0 Å². The van der Waals surface area contributed by atoms with E-state index in [0.29, 0.717) is 6.10 Å². The van der Waals surface area contributed by atoms with Crippen LogP contribution < -0.4 is 11.1 Å². The minimum atomic E-state index is 0.406. The maximum Gasteiger partial charge on any atom is 0.0699 e. The molecule has 1 aliphatic heterocycles. The Bertz CT molecular complexity index is 320. The molecule has 1 fully saturated rings. The summed E-state index contributed by atoms with van der Waals surface area (Å²) in [4.78, 5) is 4.27. The number of hydrogen-bond donors (Lipinski definition) is 2. The van der Waals surface area contributed by atoms with Crippen molar-refractivity contribution in [2.75, 3.05) is 25.4 Å². The Morgan fingerprint density at radius 2 is 2.35 bits per heavy atom. The molecule has 1 saturated heterocycles. The summed E-state index contributed by atoms with van der Waals surface area (Å²) in [5, 5.41) is 3.42. The second kappa shape index (κ2) is 6.57. The van der Waals surface area contributed by atoms with E-state index in [-0.39, 0.29) is 0 Å². The zero-order valence-corrected chi connectivity index (χ0v) is 10.2. The zero-order chi connectivity index (χ0) is 11.9. The first kappa shape index (κ1) is 12.3. The summed E-state index contributed by atoms with van der Waals surface area (Å²) in [6.45, 7) is 2.82. The molecule has 94 valence electrons. The molecule has 0 aromatic carbocycles. The Kier molecular flexibility index (Phi) is 4.76. The van der Waals surface area contributed by atoms with Gasteiger partial charge in [0, 0.05) is 31.8 Å². The summed E-state index contributed by atoms with van der Waals surface area (Å²) in [7, 11) is 0. The molecule has 1 aromatic rings. The molecule has 1 atom stereocenters. The topological polar surface area (TPSA) is 60.2 Å². The molecule has 0 bridgehead atoms. The van der Waals surface area contributed by atoms with Crippen LogP contribution in [0.2, 0.25) is 0 Å². The Balaban J connectivity index is 1.60. The van der Waals surface area contributed by atoms with Crippen molar-refractivity contribution in [1.82, 2.24) is 10.3 Å². The number of nitrogens with zero attached hydrogens (tertiary/aromatic N) is 1. The normalized spacial score (nSPS) is 20.4. The van der Waals surface area contributed by atoms with Crippen molar-refractivity contribution in [3.05, 3.63) is 24.0 Å². The van der Waals surface area contributed by atoms with Crippen LogP contribution in [0.25, 0.3) is 0 Å². The summed E-state index contributed by atoms with van der Waals surface area (Å²) in [5.74, 6) is 0. The van der Waals surface area contributed by atoms with Crippen molar-refractivity contribution >= 4 is 5.69 Å². The lowest BCUT2D eigenvalue weighted by molar-refractivity contribution is 0.0171. The molecular weight excluding hydrogens is 214 g/mol. The van der Waals surface area contributed by atoms with Crippen molar-refractivity contribution in [2.24, 2.45) is 0 Å². The number of pyridine rings is 1. The second-order valence-electron chi connectivity index (χ2n) is 4.53. The van der Waals surface area contributed by atoms with Gasteiger partial charge in [-0.05, 0) is 31.4 Å². The lowest BCUT2D eigenvalue weighted by Gasteiger charge is -2.22. The smallest absolute Gasteiger partial charge is 0.0699 e. The fraction of sp³-hybridized carbons (Fsp3) is 0.615. The maximum atomic E-state index is 5.65. The van der Waals surface area contributed by atoms with Gasteiger partial charge in [0.25, 0.3) is 0 Å². The number of nitrogens with one attached hydrogen (secondary N) is 1. The van der Waals surface area contributed by atoms with Crippen molar-refractivity contribution in [3.8, 4) is 0 Å². The van der Waals surface area contributed by atoms with Gasteiger partial charge in [-0.3, -0.25) is 4.98 Å². The van der Waals surface area contributed by atoms with Crippen molar-refractivity contribution < 1.29 is 4.74 Å². The first-order valence-electron chi connectivity index (χ1n) is 6.37. The van der Waals surface area contributed by atoms with Crippen LogP contribution in [0, 0.1) is 0 Å². The highest BCUT2D eigenvalue weighted by Crippen LogP contribution is 2.11. The third kappa shape index (κ3) is 4.32. The molecule has 0 aliphatic carbocycles. The molecule has 4 nitrogen and oxygen atoms in total. The van der Waals surface area contributed by atoms with Crippen LogP contribution in [0.3, 0.4) is 0 Å². The quantitative estimate of drug-likeness (QED) is 0.757. The SMILES string of the molecule is Nc1ccc(CCNCC2CCCCO2)nc1. The van der Waals surface area contributed by atoms with Crippen LogP contribution in [-0.4, -0.2) is 30.8 Å². The Morgan fingerprint density at radius 3 is 3.06 bits per heavy atom. The van der Waals surface area contributed by atoms with Crippen molar-refractivity contribution in [2.45, 2.75) is 31.8 Å². The molecule has 1 aromatic heterocycles. The molecule has 3 N–H and O–H groups in total. The fourth-order valence-electron chi connectivity index (χ4n) is 2.03.